The van der Waals surface area contributed by atoms with Crippen molar-refractivity contribution < 1.29 is 0 Å². The highest BCUT2D eigenvalue weighted by Crippen LogP contribution is 2.15. The lowest BCUT2D eigenvalue weighted by atomic mass is 10.2. The molecule has 0 saturated heterocycles. The molecule has 2 aromatic rings. The van der Waals surface area contributed by atoms with Gasteiger partial charge < -0.3 is 5.32 Å². The average molecular weight is 270 g/mol. The highest BCUT2D eigenvalue weighted by Gasteiger charge is 2.07. The molecule has 0 bridgehead atoms. The summed E-state index contributed by atoms with van der Waals surface area (Å²) in [5.74, 6) is 1.04. The average Bonchev–Trinajstić information content (AvgIpc) is 2.86. The lowest BCUT2D eigenvalue weighted by molar-refractivity contribution is 0.537. The molecule has 2 aromatic heterocycles. The third-order valence-corrected chi connectivity index (χ3v) is 2.96. The number of nitrogens with one attached hydrogen (secondary N) is 1. The van der Waals surface area contributed by atoms with Crippen LogP contribution >= 0.6 is 12.4 Å². The van der Waals surface area contributed by atoms with Gasteiger partial charge in [-0.15, -0.1) is 12.4 Å². The van der Waals surface area contributed by atoms with E-state index in [1.165, 1.54) is 11.3 Å². The molecule has 0 saturated carbocycles. The van der Waals surface area contributed by atoms with E-state index in [4.69, 9.17) is 0 Å². The summed E-state index contributed by atoms with van der Waals surface area (Å²) in [7, 11) is 1.96. The van der Waals surface area contributed by atoms with Crippen molar-refractivity contribution in [1.82, 2.24) is 19.6 Å². The first-order valence-corrected chi connectivity index (χ1v) is 5.84. The Balaban J connectivity index is 0.00000162. The van der Waals surface area contributed by atoms with Gasteiger partial charge in [-0.05, 0) is 20.8 Å². The van der Waals surface area contributed by atoms with E-state index in [1.807, 2.05) is 34.9 Å². The van der Waals surface area contributed by atoms with Crippen LogP contribution in [-0.4, -0.2) is 19.6 Å². The number of halogens is 1. The zero-order chi connectivity index (χ0) is 12.4. The SMILES string of the molecule is Cc1c(CNc2ccnn2C(C)C)cnn1C.Cl. The predicted molar refractivity (Wildman–Crippen MR) is 75.1 cm³/mol. The van der Waals surface area contributed by atoms with Crippen LogP contribution < -0.4 is 5.32 Å². The Hall–Kier alpha value is -1.49. The van der Waals surface area contributed by atoms with Crippen LogP contribution in [0.25, 0.3) is 0 Å². The molecular formula is C12H20ClN5. The molecule has 0 aliphatic rings. The van der Waals surface area contributed by atoms with Crippen LogP contribution in [0.2, 0.25) is 0 Å². The first-order chi connectivity index (χ1) is 8.09. The standard InChI is InChI=1S/C12H19N5.ClH/c1-9(2)17-12(5-6-14-17)13-7-11-8-15-16(4)10(11)3;/h5-6,8-9,13H,7H2,1-4H3;1H. The maximum Gasteiger partial charge on any atom is 0.124 e. The van der Waals surface area contributed by atoms with E-state index in [-0.39, 0.29) is 12.4 Å². The zero-order valence-electron chi connectivity index (χ0n) is 11.2. The number of rotatable bonds is 4. The van der Waals surface area contributed by atoms with Crippen LogP contribution in [0.15, 0.2) is 18.5 Å². The topological polar surface area (TPSA) is 47.7 Å². The Labute approximate surface area is 114 Å². The van der Waals surface area contributed by atoms with Crippen molar-refractivity contribution in [2.24, 2.45) is 7.05 Å². The molecule has 0 spiro atoms. The van der Waals surface area contributed by atoms with Gasteiger partial charge in [-0.2, -0.15) is 10.2 Å². The van der Waals surface area contributed by atoms with Gasteiger partial charge in [-0.25, -0.2) is 4.68 Å². The number of anilines is 1. The second kappa shape index (κ2) is 5.91. The molecule has 6 heteroatoms. The third kappa shape index (κ3) is 2.85. The van der Waals surface area contributed by atoms with Crippen LogP contribution in [0, 0.1) is 6.92 Å². The van der Waals surface area contributed by atoms with Crippen LogP contribution in [0.1, 0.15) is 31.1 Å². The fourth-order valence-corrected chi connectivity index (χ4v) is 1.77. The second-order valence-electron chi connectivity index (χ2n) is 4.49. The molecule has 0 aliphatic carbocycles. The van der Waals surface area contributed by atoms with Gasteiger partial charge in [0.1, 0.15) is 5.82 Å². The Morgan fingerprint density at radius 2 is 2.06 bits per heavy atom. The van der Waals surface area contributed by atoms with Crippen molar-refractivity contribution in [1.29, 1.82) is 0 Å². The summed E-state index contributed by atoms with van der Waals surface area (Å²) < 4.78 is 3.86. The highest BCUT2D eigenvalue weighted by atomic mass is 35.5. The first kappa shape index (κ1) is 14.6. The summed E-state index contributed by atoms with van der Waals surface area (Å²) in [5, 5.41) is 11.9. The Morgan fingerprint density at radius 3 is 2.61 bits per heavy atom. The van der Waals surface area contributed by atoms with Gasteiger partial charge >= 0.3 is 0 Å². The first-order valence-electron chi connectivity index (χ1n) is 5.84. The minimum Gasteiger partial charge on any atom is -0.366 e. The quantitative estimate of drug-likeness (QED) is 0.928. The number of aryl methyl sites for hydroxylation is 1. The largest absolute Gasteiger partial charge is 0.366 e. The maximum atomic E-state index is 4.29. The molecule has 2 rings (SSSR count). The molecule has 0 unspecified atom stereocenters. The normalized spacial score (nSPS) is 10.5. The van der Waals surface area contributed by atoms with Crippen LogP contribution in [0.5, 0.6) is 0 Å². The molecule has 1 N–H and O–H groups in total. The van der Waals surface area contributed by atoms with Crippen molar-refractivity contribution in [3.63, 3.8) is 0 Å². The van der Waals surface area contributed by atoms with E-state index in [9.17, 15) is 0 Å². The zero-order valence-corrected chi connectivity index (χ0v) is 12.0. The highest BCUT2D eigenvalue weighted by molar-refractivity contribution is 5.85. The van der Waals surface area contributed by atoms with E-state index < -0.39 is 0 Å². The van der Waals surface area contributed by atoms with Crippen molar-refractivity contribution in [3.05, 3.63) is 29.7 Å². The number of hydrogen-bond acceptors (Lipinski definition) is 3. The van der Waals surface area contributed by atoms with E-state index in [0.717, 1.165) is 12.4 Å². The smallest absolute Gasteiger partial charge is 0.124 e. The molecule has 0 amide bonds. The van der Waals surface area contributed by atoms with Gasteiger partial charge in [0.05, 0.1) is 12.4 Å². The van der Waals surface area contributed by atoms with Gasteiger partial charge in [-0.3, -0.25) is 4.68 Å². The van der Waals surface area contributed by atoms with Gasteiger partial charge in [0.25, 0.3) is 0 Å². The van der Waals surface area contributed by atoms with Crippen molar-refractivity contribution in [3.8, 4) is 0 Å². The van der Waals surface area contributed by atoms with Gasteiger partial charge in [0.15, 0.2) is 0 Å². The number of nitrogens with zero attached hydrogens (tertiary/aromatic N) is 4. The molecule has 0 radical (unpaired) electrons. The van der Waals surface area contributed by atoms with E-state index in [0.29, 0.717) is 6.04 Å². The Kier molecular flexibility index (Phi) is 4.78. The molecule has 5 nitrogen and oxygen atoms in total. The van der Waals surface area contributed by atoms with E-state index in [1.54, 1.807) is 0 Å². The van der Waals surface area contributed by atoms with Crippen molar-refractivity contribution >= 4 is 18.2 Å². The number of aromatic nitrogens is 4. The fourth-order valence-electron chi connectivity index (χ4n) is 1.77. The number of hydrogen-bond donors (Lipinski definition) is 1. The van der Waals surface area contributed by atoms with Crippen molar-refractivity contribution in [2.75, 3.05) is 5.32 Å². The molecular weight excluding hydrogens is 250 g/mol. The lowest BCUT2D eigenvalue weighted by Crippen LogP contribution is -2.10. The molecule has 0 aromatic carbocycles. The summed E-state index contributed by atoms with van der Waals surface area (Å²) in [4.78, 5) is 0. The van der Waals surface area contributed by atoms with Gasteiger partial charge in [-0.1, -0.05) is 0 Å². The molecule has 18 heavy (non-hydrogen) atoms. The minimum absolute atomic E-state index is 0. The molecule has 2 heterocycles. The van der Waals surface area contributed by atoms with Crippen LogP contribution in [0.3, 0.4) is 0 Å². The second-order valence-corrected chi connectivity index (χ2v) is 4.49. The Morgan fingerprint density at radius 1 is 1.33 bits per heavy atom. The summed E-state index contributed by atoms with van der Waals surface area (Å²) >= 11 is 0. The monoisotopic (exact) mass is 269 g/mol. The fraction of sp³-hybridized carbons (Fsp3) is 0.500. The molecule has 0 aliphatic heterocycles. The molecule has 100 valence electrons. The molecule has 0 fully saturated rings. The summed E-state index contributed by atoms with van der Waals surface area (Å²) in [5.41, 5.74) is 2.40. The van der Waals surface area contributed by atoms with Crippen LogP contribution in [-0.2, 0) is 13.6 Å². The van der Waals surface area contributed by atoms with Crippen LogP contribution in [0.4, 0.5) is 5.82 Å². The van der Waals surface area contributed by atoms with Gasteiger partial charge in [0, 0.05) is 37.0 Å². The minimum atomic E-state index is 0. The van der Waals surface area contributed by atoms with E-state index >= 15 is 0 Å². The third-order valence-electron chi connectivity index (χ3n) is 2.96. The summed E-state index contributed by atoms with van der Waals surface area (Å²) in [6.07, 6.45) is 3.72. The molecule has 0 atom stereocenters. The van der Waals surface area contributed by atoms with Crippen molar-refractivity contribution in [2.45, 2.75) is 33.4 Å². The predicted octanol–water partition coefficient (Wildman–Crippen LogP) is 2.54. The Bertz CT molecular complexity index is 500. The summed E-state index contributed by atoms with van der Waals surface area (Å²) in [6.45, 7) is 7.09. The van der Waals surface area contributed by atoms with E-state index in [2.05, 4.69) is 36.3 Å². The maximum absolute atomic E-state index is 4.29. The van der Waals surface area contributed by atoms with Gasteiger partial charge in [0.2, 0.25) is 0 Å². The lowest BCUT2D eigenvalue weighted by Gasteiger charge is -2.12. The summed E-state index contributed by atoms with van der Waals surface area (Å²) in [6, 6.07) is 2.36.